The Morgan fingerprint density at radius 1 is 1.41 bits per heavy atom. The second-order valence-electron chi connectivity index (χ2n) is 3.48. The van der Waals surface area contributed by atoms with Crippen LogP contribution in [0.3, 0.4) is 0 Å². The predicted octanol–water partition coefficient (Wildman–Crippen LogP) is 3.22. The monoisotopic (exact) mass is 232 g/mol. The Morgan fingerprint density at radius 2 is 2.18 bits per heavy atom. The van der Waals surface area contributed by atoms with Crippen LogP contribution in [-0.4, -0.2) is 18.2 Å². The molecule has 3 heteroatoms. The minimum Gasteiger partial charge on any atom is -0.496 e. The average Bonchev–Trinajstić information content (AvgIpc) is 2.33. The number of benzene rings is 1. The van der Waals surface area contributed by atoms with Gasteiger partial charge in [0.25, 0.3) is 0 Å². The van der Waals surface area contributed by atoms with E-state index >= 15 is 0 Å². The summed E-state index contributed by atoms with van der Waals surface area (Å²) in [6, 6.07) is 5.54. The Morgan fingerprint density at radius 3 is 2.76 bits per heavy atom. The van der Waals surface area contributed by atoms with Crippen molar-refractivity contribution in [2.45, 2.75) is 13.3 Å². The van der Waals surface area contributed by atoms with Crippen LogP contribution >= 0.6 is 0 Å². The number of allylic oxidation sites excluding steroid dienone is 1. The van der Waals surface area contributed by atoms with Gasteiger partial charge in [0.2, 0.25) is 0 Å². The first-order valence-electron chi connectivity index (χ1n) is 5.43. The third-order valence-electron chi connectivity index (χ3n) is 2.21. The molecule has 0 saturated carbocycles. The summed E-state index contributed by atoms with van der Waals surface area (Å²) in [6.07, 6.45) is 7.62. The lowest BCUT2D eigenvalue weighted by Crippen LogP contribution is -1.89. The van der Waals surface area contributed by atoms with E-state index < -0.39 is 5.97 Å². The molecule has 90 valence electrons. The fraction of sp³-hybridized carbons (Fsp3) is 0.214. The van der Waals surface area contributed by atoms with Crippen LogP contribution in [0.25, 0.3) is 12.2 Å². The molecule has 0 amide bonds. The van der Waals surface area contributed by atoms with Gasteiger partial charge >= 0.3 is 5.97 Å². The van der Waals surface area contributed by atoms with Crippen LogP contribution < -0.4 is 4.74 Å². The Labute approximate surface area is 101 Å². The SMILES string of the molecule is CCC=Cc1cc(C=CC(=O)O)ccc1OC. The molecule has 17 heavy (non-hydrogen) atoms. The molecule has 0 unspecified atom stereocenters. The molecule has 0 aliphatic carbocycles. The lowest BCUT2D eigenvalue weighted by Gasteiger charge is -2.05. The molecule has 3 nitrogen and oxygen atoms in total. The maximum atomic E-state index is 10.4. The first-order valence-corrected chi connectivity index (χ1v) is 5.43. The summed E-state index contributed by atoms with van der Waals surface area (Å²) in [4.78, 5) is 10.4. The third kappa shape index (κ3) is 4.15. The quantitative estimate of drug-likeness (QED) is 0.793. The predicted molar refractivity (Wildman–Crippen MR) is 69.0 cm³/mol. The van der Waals surface area contributed by atoms with E-state index in [1.165, 1.54) is 0 Å². The van der Waals surface area contributed by atoms with Crippen molar-refractivity contribution in [2.75, 3.05) is 7.11 Å². The van der Waals surface area contributed by atoms with Crippen molar-refractivity contribution in [3.05, 3.63) is 41.5 Å². The number of hydrogen-bond donors (Lipinski definition) is 1. The molecule has 0 spiro atoms. The van der Waals surface area contributed by atoms with E-state index in [0.717, 1.165) is 29.4 Å². The molecule has 1 rings (SSSR count). The van der Waals surface area contributed by atoms with Crippen LogP contribution in [0.15, 0.2) is 30.4 Å². The molecule has 0 aromatic heterocycles. The van der Waals surface area contributed by atoms with Crippen molar-refractivity contribution < 1.29 is 14.6 Å². The summed E-state index contributed by atoms with van der Waals surface area (Å²) in [6.45, 7) is 2.05. The van der Waals surface area contributed by atoms with E-state index in [2.05, 4.69) is 6.92 Å². The Kier molecular flexibility index (Phi) is 5.01. The average molecular weight is 232 g/mol. The van der Waals surface area contributed by atoms with Gasteiger partial charge in [-0.2, -0.15) is 0 Å². The molecule has 0 saturated heterocycles. The lowest BCUT2D eigenvalue weighted by atomic mass is 10.1. The van der Waals surface area contributed by atoms with Crippen LogP contribution in [-0.2, 0) is 4.79 Å². The zero-order chi connectivity index (χ0) is 12.7. The molecule has 0 radical (unpaired) electrons. The summed E-state index contributed by atoms with van der Waals surface area (Å²) in [7, 11) is 1.62. The van der Waals surface area contributed by atoms with Crippen LogP contribution in [0.4, 0.5) is 0 Å². The highest BCUT2D eigenvalue weighted by Crippen LogP contribution is 2.22. The second-order valence-corrected chi connectivity index (χ2v) is 3.48. The summed E-state index contributed by atoms with van der Waals surface area (Å²) in [5.41, 5.74) is 1.78. The van der Waals surface area contributed by atoms with Crippen LogP contribution in [0, 0.1) is 0 Å². The van der Waals surface area contributed by atoms with E-state index in [9.17, 15) is 4.79 Å². The van der Waals surface area contributed by atoms with Gasteiger partial charge in [-0.1, -0.05) is 25.1 Å². The van der Waals surface area contributed by atoms with E-state index in [-0.39, 0.29) is 0 Å². The van der Waals surface area contributed by atoms with E-state index in [4.69, 9.17) is 9.84 Å². The number of rotatable bonds is 5. The van der Waals surface area contributed by atoms with Crippen molar-refractivity contribution in [3.8, 4) is 5.75 Å². The van der Waals surface area contributed by atoms with Crippen LogP contribution in [0.2, 0.25) is 0 Å². The fourth-order valence-corrected chi connectivity index (χ4v) is 1.40. The van der Waals surface area contributed by atoms with Gasteiger partial charge < -0.3 is 9.84 Å². The molecule has 0 aliphatic rings. The molecule has 0 heterocycles. The Bertz CT molecular complexity index is 445. The largest absolute Gasteiger partial charge is 0.496 e. The van der Waals surface area contributed by atoms with Gasteiger partial charge in [-0.25, -0.2) is 4.79 Å². The first-order chi connectivity index (χ1) is 8.17. The summed E-state index contributed by atoms with van der Waals surface area (Å²) in [5, 5.41) is 8.56. The van der Waals surface area contributed by atoms with Gasteiger partial charge in [0.05, 0.1) is 7.11 Å². The van der Waals surface area contributed by atoms with Crippen molar-refractivity contribution >= 4 is 18.1 Å². The van der Waals surface area contributed by atoms with Crippen molar-refractivity contribution in [1.82, 2.24) is 0 Å². The fourth-order valence-electron chi connectivity index (χ4n) is 1.40. The second kappa shape index (κ2) is 6.53. The van der Waals surface area contributed by atoms with Crippen LogP contribution in [0.1, 0.15) is 24.5 Å². The molecule has 0 atom stereocenters. The highest BCUT2D eigenvalue weighted by molar-refractivity contribution is 5.85. The number of carboxylic acids is 1. The van der Waals surface area contributed by atoms with E-state index in [1.54, 1.807) is 13.2 Å². The number of aliphatic carboxylic acids is 1. The highest BCUT2D eigenvalue weighted by atomic mass is 16.5. The summed E-state index contributed by atoms with van der Waals surface area (Å²) >= 11 is 0. The van der Waals surface area contributed by atoms with Crippen molar-refractivity contribution in [2.24, 2.45) is 0 Å². The number of carboxylic acid groups (broad SMARTS) is 1. The van der Waals surface area contributed by atoms with Crippen molar-refractivity contribution in [1.29, 1.82) is 0 Å². The maximum Gasteiger partial charge on any atom is 0.328 e. The molecule has 0 aliphatic heterocycles. The molecular formula is C14H16O3. The minimum atomic E-state index is -0.952. The lowest BCUT2D eigenvalue weighted by molar-refractivity contribution is -0.131. The van der Waals surface area contributed by atoms with Gasteiger partial charge in [0, 0.05) is 11.6 Å². The van der Waals surface area contributed by atoms with Gasteiger partial charge in [-0.3, -0.25) is 0 Å². The Balaban J connectivity index is 3.04. The molecule has 0 bridgehead atoms. The maximum absolute atomic E-state index is 10.4. The number of ether oxygens (including phenoxy) is 1. The number of carbonyl (C=O) groups is 1. The topological polar surface area (TPSA) is 46.5 Å². The van der Waals surface area contributed by atoms with Gasteiger partial charge in [-0.05, 0) is 30.2 Å². The van der Waals surface area contributed by atoms with Crippen LogP contribution in [0.5, 0.6) is 5.75 Å². The molecule has 1 N–H and O–H groups in total. The normalized spacial score (nSPS) is 11.2. The standard InChI is InChI=1S/C14H16O3/c1-3-4-5-12-10-11(7-9-14(15)16)6-8-13(12)17-2/h4-10H,3H2,1-2H3,(H,15,16). The van der Waals surface area contributed by atoms with Gasteiger partial charge in [0.15, 0.2) is 0 Å². The smallest absolute Gasteiger partial charge is 0.328 e. The summed E-state index contributed by atoms with van der Waals surface area (Å²) < 4.78 is 5.23. The number of hydrogen-bond acceptors (Lipinski definition) is 2. The van der Waals surface area contributed by atoms with E-state index in [0.29, 0.717) is 0 Å². The first kappa shape index (κ1) is 13.0. The minimum absolute atomic E-state index is 0.780. The zero-order valence-corrected chi connectivity index (χ0v) is 10.0. The van der Waals surface area contributed by atoms with Gasteiger partial charge in [0.1, 0.15) is 5.75 Å². The van der Waals surface area contributed by atoms with E-state index in [1.807, 2.05) is 30.4 Å². The highest BCUT2D eigenvalue weighted by Gasteiger charge is 2.00. The molecular weight excluding hydrogens is 216 g/mol. The van der Waals surface area contributed by atoms with Gasteiger partial charge in [-0.15, -0.1) is 0 Å². The van der Waals surface area contributed by atoms with Crippen molar-refractivity contribution in [3.63, 3.8) is 0 Å². The molecule has 0 fully saturated rings. The zero-order valence-electron chi connectivity index (χ0n) is 10.0. The molecule has 1 aromatic carbocycles. The number of methoxy groups -OCH3 is 1. The third-order valence-corrected chi connectivity index (χ3v) is 2.21. The Hall–Kier alpha value is -2.03. The molecule has 1 aromatic rings. The summed E-state index contributed by atoms with van der Waals surface area (Å²) in [5.74, 6) is -0.173.